The van der Waals surface area contributed by atoms with Gasteiger partial charge in [-0.3, -0.25) is 13.9 Å². The van der Waals surface area contributed by atoms with E-state index in [1.54, 1.807) is 81.4 Å². The van der Waals surface area contributed by atoms with Crippen molar-refractivity contribution in [2.24, 2.45) is 0 Å². The first kappa shape index (κ1) is 31.0. The molecule has 0 saturated carbocycles. The SMILES string of the molecule is CCNC(=O)[C@H](CC)N(Cc1ccccc1Cl)C(=O)CN(c1ccccc1OCC)S(=O)(=O)c1ccc(C)cc1. The molecule has 0 aliphatic heterocycles. The van der Waals surface area contributed by atoms with Crippen LogP contribution in [0.2, 0.25) is 5.02 Å². The Kier molecular flexibility index (Phi) is 11.0. The number of hydrogen-bond donors (Lipinski definition) is 1. The lowest BCUT2D eigenvalue weighted by atomic mass is 10.1. The molecule has 0 aliphatic carbocycles. The molecule has 0 aromatic heterocycles. The molecule has 1 N–H and O–H groups in total. The fourth-order valence-electron chi connectivity index (χ4n) is 4.31. The summed E-state index contributed by atoms with van der Waals surface area (Å²) in [5.41, 5.74) is 1.76. The van der Waals surface area contributed by atoms with Crippen LogP contribution in [-0.4, -0.2) is 50.9 Å². The molecule has 40 heavy (non-hydrogen) atoms. The zero-order valence-electron chi connectivity index (χ0n) is 23.3. The van der Waals surface area contributed by atoms with Crippen molar-refractivity contribution in [3.63, 3.8) is 0 Å². The number of nitrogens with zero attached hydrogens (tertiary/aromatic N) is 2. The second-order valence-corrected chi connectivity index (χ2v) is 11.4. The summed E-state index contributed by atoms with van der Waals surface area (Å²) < 4.78 is 34.9. The van der Waals surface area contributed by atoms with Crippen LogP contribution in [-0.2, 0) is 26.2 Å². The monoisotopic (exact) mass is 585 g/mol. The van der Waals surface area contributed by atoms with E-state index in [9.17, 15) is 18.0 Å². The number of amides is 2. The van der Waals surface area contributed by atoms with Gasteiger partial charge < -0.3 is 15.0 Å². The van der Waals surface area contributed by atoms with E-state index in [0.29, 0.717) is 35.9 Å². The average Bonchev–Trinajstić information content (AvgIpc) is 2.93. The van der Waals surface area contributed by atoms with E-state index >= 15 is 0 Å². The molecule has 0 spiro atoms. The molecular formula is C30H36ClN3O5S. The number of nitrogens with one attached hydrogen (secondary N) is 1. The first-order chi connectivity index (χ1) is 19.1. The summed E-state index contributed by atoms with van der Waals surface area (Å²) in [4.78, 5) is 28.6. The van der Waals surface area contributed by atoms with E-state index in [0.717, 1.165) is 9.87 Å². The molecule has 0 radical (unpaired) electrons. The number of hydrogen-bond acceptors (Lipinski definition) is 5. The number of carbonyl (C=O) groups excluding carboxylic acids is 2. The van der Waals surface area contributed by atoms with E-state index in [1.807, 2.05) is 6.92 Å². The van der Waals surface area contributed by atoms with E-state index in [-0.39, 0.29) is 23.0 Å². The van der Waals surface area contributed by atoms with Gasteiger partial charge in [0, 0.05) is 18.1 Å². The van der Waals surface area contributed by atoms with Crippen LogP contribution in [0.25, 0.3) is 0 Å². The maximum absolute atomic E-state index is 14.1. The Bertz CT molecular complexity index is 1410. The van der Waals surface area contributed by atoms with E-state index < -0.39 is 28.5 Å². The van der Waals surface area contributed by atoms with Gasteiger partial charge in [-0.15, -0.1) is 0 Å². The van der Waals surface area contributed by atoms with E-state index in [2.05, 4.69) is 5.32 Å². The summed E-state index contributed by atoms with van der Waals surface area (Å²) in [7, 11) is -4.20. The van der Waals surface area contributed by atoms with Crippen molar-refractivity contribution in [2.75, 3.05) is 24.0 Å². The van der Waals surface area contributed by atoms with Crippen LogP contribution < -0.4 is 14.4 Å². The standard InChI is InChI=1S/C30H36ClN3O5S/c1-5-26(30(36)32-6-2)33(20-23-12-8-9-13-25(23)31)29(35)21-34(27-14-10-11-15-28(27)39-7-3)40(37,38)24-18-16-22(4)17-19-24/h8-19,26H,5-7,20-21H2,1-4H3,(H,32,36)/t26-/m0/s1. The van der Waals surface area contributed by atoms with Crippen LogP contribution in [0.4, 0.5) is 5.69 Å². The Hall–Kier alpha value is -3.56. The maximum atomic E-state index is 14.1. The van der Waals surface area contributed by atoms with Crippen LogP contribution in [0.3, 0.4) is 0 Å². The summed E-state index contributed by atoms with van der Waals surface area (Å²) in [5, 5.41) is 3.23. The number of carbonyl (C=O) groups is 2. The molecule has 0 saturated heterocycles. The van der Waals surface area contributed by atoms with Gasteiger partial charge in [0.2, 0.25) is 11.8 Å². The Morgan fingerprint density at radius 1 is 0.950 bits per heavy atom. The lowest BCUT2D eigenvalue weighted by Crippen LogP contribution is -2.52. The number of anilines is 1. The van der Waals surface area contributed by atoms with Crippen LogP contribution in [0.15, 0.2) is 77.7 Å². The number of aryl methyl sites for hydroxylation is 1. The van der Waals surface area contributed by atoms with Crippen molar-refractivity contribution in [3.05, 3.63) is 88.9 Å². The molecule has 2 amide bonds. The van der Waals surface area contributed by atoms with Crippen LogP contribution in [0.5, 0.6) is 5.75 Å². The number of ether oxygens (including phenoxy) is 1. The van der Waals surface area contributed by atoms with E-state index in [1.165, 1.54) is 17.0 Å². The molecule has 3 rings (SSSR count). The lowest BCUT2D eigenvalue weighted by molar-refractivity contribution is -0.140. The molecule has 8 nitrogen and oxygen atoms in total. The molecule has 3 aromatic carbocycles. The summed E-state index contributed by atoms with van der Waals surface area (Å²) in [6.07, 6.45) is 0.322. The van der Waals surface area contributed by atoms with Gasteiger partial charge in [-0.2, -0.15) is 0 Å². The van der Waals surface area contributed by atoms with Gasteiger partial charge in [-0.25, -0.2) is 8.42 Å². The maximum Gasteiger partial charge on any atom is 0.264 e. The average molecular weight is 586 g/mol. The fourth-order valence-corrected chi connectivity index (χ4v) is 5.93. The number of halogens is 1. The van der Waals surface area contributed by atoms with Gasteiger partial charge in [0.25, 0.3) is 10.0 Å². The molecule has 0 unspecified atom stereocenters. The van der Waals surface area contributed by atoms with Gasteiger partial charge in [0.1, 0.15) is 18.3 Å². The largest absolute Gasteiger partial charge is 0.492 e. The predicted octanol–water partition coefficient (Wildman–Crippen LogP) is 5.19. The number of sulfonamides is 1. The van der Waals surface area contributed by atoms with Crippen molar-refractivity contribution < 1.29 is 22.7 Å². The summed E-state index contributed by atoms with van der Waals surface area (Å²) in [6, 6.07) is 19.3. The van der Waals surface area contributed by atoms with Crippen molar-refractivity contribution in [3.8, 4) is 5.75 Å². The van der Waals surface area contributed by atoms with Gasteiger partial charge in [0.15, 0.2) is 0 Å². The van der Waals surface area contributed by atoms with Crippen molar-refractivity contribution >= 4 is 39.1 Å². The third-order valence-corrected chi connectivity index (χ3v) is 8.50. The Morgan fingerprint density at radius 2 is 1.60 bits per heavy atom. The van der Waals surface area contributed by atoms with Crippen LogP contribution in [0.1, 0.15) is 38.3 Å². The molecule has 10 heteroatoms. The van der Waals surface area contributed by atoms with Gasteiger partial charge >= 0.3 is 0 Å². The molecule has 0 aliphatic rings. The quantitative estimate of drug-likeness (QED) is 0.298. The highest BCUT2D eigenvalue weighted by molar-refractivity contribution is 7.92. The topological polar surface area (TPSA) is 96.0 Å². The van der Waals surface area contributed by atoms with Crippen LogP contribution in [0, 0.1) is 6.92 Å². The van der Waals surface area contributed by atoms with Gasteiger partial charge in [0.05, 0.1) is 17.2 Å². The predicted molar refractivity (Wildman–Crippen MR) is 158 cm³/mol. The molecular weight excluding hydrogens is 550 g/mol. The third kappa shape index (κ3) is 7.34. The highest BCUT2D eigenvalue weighted by Gasteiger charge is 2.34. The zero-order chi connectivity index (χ0) is 29.3. The molecule has 1 atom stereocenters. The summed E-state index contributed by atoms with van der Waals surface area (Å²) in [5.74, 6) is -0.560. The number of para-hydroxylation sites is 2. The van der Waals surface area contributed by atoms with Crippen molar-refractivity contribution in [2.45, 2.75) is 51.6 Å². The zero-order valence-corrected chi connectivity index (χ0v) is 24.8. The highest BCUT2D eigenvalue weighted by atomic mass is 35.5. The lowest BCUT2D eigenvalue weighted by Gasteiger charge is -2.33. The summed E-state index contributed by atoms with van der Waals surface area (Å²) >= 11 is 6.42. The number of likely N-dealkylation sites (N-methyl/N-ethyl adjacent to an activating group) is 1. The van der Waals surface area contributed by atoms with Gasteiger partial charge in [-0.1, -0.05) is 66.6 Å². The minimum Gasteiger partial charge on any atom is -0.492 e. The first-order valence-electron chi connectivity index (χ1n) is 13.3. The first-order valence-corrected chi connectivity index (χ1v) is 15.1. The van der Waals surface area contributed by atoms with Crippen molar-refractivity contribution in [1.29, 1.82) is 0 Å². The highest BCUT2D eigenvalue weighted by Crippen LogP contribution is 2.33. The minimum absolute atomic E-state index is 0.0275. The van der Waals surface area contributed by atoms with Gasteiger partial charge in [-0.05, 0) is 63.1 Å². The molecule has 0 bridgehead atoms. The smallest absolute Gasteiger partial charge is 0.264 e. The third-order valence-electron chi connectivity index (χ3n) is 6.36. The molecule has 0 fully saturated rings. The normalized spacial score (nSPS) is 11.9. The second kappa shape index (κ2) is 14.2. The van der Waals surface area contributed by atoms with Crippen molar-refractivity contribution in [1.82, 2.24) is 10.2 Å². The number of benzene rings is 3. The molecule has 0 heterocycles. The fraction of sp³-hybridized carbons (Fsp3) is 0.333. The van der Waals surface area contributed by atoms with E-state index in [4.69, 9.17) is 16.3 Å². The summed E-state index contributed by atoms with van der Waals surface area (Å²) in [6.45, 7) is 7.42. The van der Waals surface area contributed by atoms with Crippen LogP contribution >= 0.6 is 11.6 Å². The number of rotatable bonds is 13. The Balaban J connectivity index is 2.12. The molecule has 3 aromatic rings. The Labute approximate surface area is 241 Å². The Morgan fingerprint density at radius 3 is 2.23 bits per heavy atom. The molecule has 214 valence electrons. The minimum atomic E-state index is -4.20. The second-order valence-electron chi connectivity index (χ2n) is 9.16.